The van der Waals surface area contributed by atoms with Crippen LogP contribution in [0.2, 0.25) is 10.2 Å². The Morgan fingerprint density at radius 3 is 2.67 bits per heavy atom. The molecule has 0 radical (unpaired) electrons. The standard InChI is InChI=1S/C11H8Cl2FN/c1-2-6-3-7-4-8(12)9(14)5-10(7)15-11(6)13/h3-5H,2H2,1H3. The number of hydrogen-bond acceptors (Lipinski definition) is 1. The molecular formula is C11H8Cl2FN. The van der Waals surface area contributed by atoms with Crippen molar-refractivity contribution in [1.29, 1.82) is 0 Å². The summed E-state index contributed by atoms with van der Waals surface area (Å²) >= 11 is 11.6. The van der Waals surface area contributed by atoms with Gasteiger partial charge < -0.3 is 0 Å². The molecule has 1 heterocycles. The zero-order valence-electron chi connectivity index (χ0n) is 8.02. The molecule has 15 heavy (non-hydrogen) atoms. The normalized spacial score (nSPS) is 10.9. The fraction of sp³-hybridized carbons (Fsp3) is 0.182. The van der Waals surface area contributed by atoms with Crippen molar-refractivity contribution in [3.8, 4) is 0 Å². The van der Waals surface area contributed by atoms with Crippen molar-refractivity contribution in [2.24, 2.45) is 0 Å². The van der Waals surface area contributed by atoms with Gasteiger partial charge in [-0.25, -0.2) is 9.37 Å². The molecule has 0 aliphatic rings. The average molecular weight is 244 g/mol. The smallest absolute Gasteiger partial charge is 0.143 e. The second-order valence-corrected chi connectivity index (χ2v) is 4.02. The van der Waals surface area contributed by atoms with Gasteiger partial charge in [0, 0.05) is 11.5 Å². The van der Waals surface area contributed by atoms with Crippen LogP contribution in [0.3, 0.4) is 0 Å². The van der Waals surface area contributed by atoms with Crippen LogP contribution in [0.1, 0.15) is 12.5 Å². The van der Waals surface area contributed by atoms with Gasteiger partial charge >= 0.3 is 0 Å². The monoisotopic (exact) mass is 243 g/mol. The largest absolute Gasteiger partial charge is 0.236 e. The summed E-state index contributed by atoms with van der Waals surface area (Å²) in [5.41, 5.74) is 1.46. The molecule has 0 bridgehead atoms. The highest BCUT2D eigenvalue weighted by Crippen LogP contribution is 2.25. The topological polar surface area (TPSA) is 12.9 Å². The van der Waals surface area contributed by atoms with Crippen LogP contribution in [-0.2, 0) is 6.42 Å². The van der Waals surface area contributed by atoms with Gasteiger partial charge in [0.1, 0.15) is 11.0 Å². The summed E-state index contributed by atoms with van der Waals surface area (Å²) in [7, 11) is 0. The summed E-state index contributed by atoms with van der Waals surface area (Å²) in [5, 5.41) is 1.34. The van der Waals surface area contributed by atoms with Crippen molar-refractivity contribution in [3.05, 3.63) is 39.8 Å². The van der Waals surface area contributed by atoms with E-state index in [1.54, 1.807) is 6.07 Å². The molecule has 0 aliphatic carbocycles. The summed E-state index contributed by atoms with van der Waals surface area (Å²) in [4.78, 5) is 4.12. The van der Waals surface area contributed by atoms with E-state index >= 15 is 0 Å². The van der Waals surface area contributed by atoms with Crippen molar-refractivity contribution < 1.29 is 4.39 Å². The number of benzene rings is 1. The van der Waals surface area contributed by atoms with Gasteiger partial charge in [-0.15, -0.1) is 0 Å². The number of pyridine rings is 1. The van der Waals surface area contributed by atoms with E-state index in [9.17, 15) is 4.39 Å². The van der Waals surface area contributed by atoms with E-state index in [2.05, 4.69) is 4.98 Å². The molecular weight excluding hydrogens is 236 g/mol. The van der Waals surface area contributed by atoms with Gasteiger partial charge in [-0.05, 0) is 24.1 Å². The third kappa shape index (κ3) is 1.92. The molecule has 0 fully saturated rings. The quantitative estimate of drug-likeness (QED) is 0.683. The zero-order chi connectivity index (χ0) is 11.0. The Balaban J connectivity index is 2.76. The fourth-order valence-electron chi connectivity index (χ4n) is 1.44. The number of aryl methyl sites for hydroxylation is 1. The highest BCUT2D eigenvalue weighted by atomic mass is 35.5. The maximum atomic E-state index is 13.1. The molecule has 1 nitrogen and oxygen atoms in total. The molecule has 0 saturated heterocycles. The first-order chi connectivity index (χ1) is 7.11. The number of halogens is 3. The first-order valence-corrected chi connectivity index (χ1v) is 5.31. The lowest BCUT2D eigenvalue weighted by Crippen LogP contribution is -1.89. The van der Waals surface area contributed by atoms with E-state index in [4.69, 9.17) is 23.2 Å². The Labute approximate surface area is 96.8 Å². The highest BCUT2D eigenvalue weighted by molar-refractivity contribution is 6.32. The summed E-state index contributed by atoms with van der Waals surface area (Å²) in [5.74, 6) is -0.475. The van der Waals surface area contributed by atoms with E-state index in [1.165, 1.54) is 6.07 Å². The average Bonchev–Trinajstić information content (AvgIpc) is 2.20. The molecule has 0 unspecified atom stereocenters. The van der Waals surface area contributed by atoms with Gasteiger partial charge in [-0.3, -0.25) is 0 Å². The maximum Gasteiger partial charge on any atom is 0.143 e. The van der Waals surface area contributed by atoms with Crippen LogP contribution in [0, 0.1) is 5.82 Å². The number of rotatable bonds is 1. The molecule has 0 atom stereocenters. The fourth-order valence-corrected chi connectivity index (χ4v) is 1.89. The predicted octanol–water partition coefficient (Wildman–Crippen LogP) is 4.24. The van der Waals surface area contributed by atoms with E-state index < -0.39 is 5.82 Å². The Hall–Kier alpha value is -0.860. The first kappa shape index (κ1) is 10.7. The lowest BCUT2D eigenvalue weighted by molar-refractivity contribution is 0.630. The Bertz CT molecular complexity index is 525. The van der Waals surface area contributed by atoms with Crippen molar-refractivity contribution in [1.82, 2.24) is 4.98 Å². The lowest BCUT2D eigenvalue weighted by atomic mass is 10.1. The van der Waals surface area contributed by atoms with Crippen LogP contribution in [0.4, 0.5) is 4.39 Å². The van der Waals surface area contributed by atoms with Crippen LogP contribution in [0.25, 0.3) is 10.9 Å². The first-order valence-electron chi connectivity index (χ1n) is 4.56. The van der Waals surface area contributed by atoms with Crippen molar-refractivity contribution in [2.45, 2.75) is 13.3 Å². The van der Waals surface area contributed by atoms with Crippen molar-refractivity contribution in [2.75, 3.05) is 0 Å². The summed E-state index contributed by atoms with van der Waals surface area (Å²) in [6.07, 6.45) is 0.788. The lowest BCUT2D eigenvalue weighted by Gasteiger charge is -2.04. The Morgan fingerprint density at radius 2 is 2.00 bits per heavy atom. The second-order valence-electron chi connectivity index (χ2n) is 3.25. The van der Waals surface area contributed by atoms with Crippen LogP contribution >= 0.6 is 23.2 Å². The third-order valence-electron chi connectivity index (χ3n) is 2.26. The Kier molecular flexibility index (Phi) is 2.81. The van der Waals surface area contributed by atoms with E-state index in [0.29, 0.717) is 10.7 Å². The third-order valence-corrected chi connectivity index (χ3v) is 2.88. The van der Waals surface area contributed by atoms with E-state index in [-0.39, 0.29) is 5.02 Å². The van der Waals surface area contributed by atoms with Crippen LogP contribution in [0.15, 0.2) is 18.2 Å². The molecule has 0 spiro atoms. The molecule has 0 saturated carbocycles. The van der Waals surface area contributed by atoms with Crippen LogP contribution in [0.5, 0.6) is 0 Å². The highest BCUT2D eigenvalue weighted by Gasteiger charge is 2.07. The van der Waals surface area contributed by atoms with Gasteiger partial charge in [0.15, 0.2) is 0 Å². The molecule has 2 rings (SSSR count). The molecule has 1 aromatic carbocycles. The molecule has 2 aromatic rings. The van der Waals surface area contributed by atoms with Crippen LogP contribution in [-0.4, -0.2) is 4.98 Å². The molecule has 1 aromatic heterocycles. The van der Waals surface area contributed by atoms with Gasteiger partial charge in [-0.2, -0.15) is 0 Å². The van der Waals surface area contributed by atoms with Crippen molar-refractivity contribution >= 4 is 34.1 Å². The second kappa shape index (κ2) is 3.95. The van der Waals surface area contributed by atoms with Crippen molar-refractivity contribution in [3.63, 3.8) is 0 Å². The minimum atomic E-state index is -0.475. The SMILES string of the molecule is CCc1cc2cc(Cl)c(F)cc2nc1Cl. The van der Waals surface area contributed by atoms with E-state index in [0.717, 1.165) is 17.4 Å². The summed E-state index contributed by atoms with van der Waals surface area (Å²) < 4.78 is 13.1. The minimum absolute atomic E-state index is 0.105. The number of aromatic nitrogens is 1. The molecule has 0 amide bonds. The van der Waals surface area contributed by atoms with Gasteiger partial charge in [0.2, 0.25) is 0 Å². The minimum Gasteiger partial charge on any atom is -0.236 e. The van der Waals surface area contributed by atoms with Gasteiger partial charge in [0.05, 0.1) is 10.5 Å². The summed E-state index contributed by atoms with van der Waals surface area (Å²) in [6, 6.07) is 4.74. The summed E-state index contributed by atoms with van der Waals surface area (Å²) in [6.45, 7) is 1.99. The Morgan fingerprint density at radius 1 is 1.27 bits per heavy atom. The van der Waals surface area contributed by atoms with Gasteiger partial charge in [-0.1, -0.05) is 30.1 Å². The number of nitrogens with zero attached hydrogens (tertiary/aromatic N) is 1. The van der Waals surface area contributed by atoms with Crippen LogP contribution < -0.4 is 0 Å². The van der Waals surface area contributed by atoms with E-state index in [1.807, 2.05) is 13.0 Å². The molecule has 78 valence electrons. The molecule has 4 heteroatoms. The molecule has 0 N–H and O–H groups in total. The number of hydrogen-bond donors (Lipinski definition) is 0. The zero-order valence-corrected chi connectivity index (χ0v) is 9.53. The molecule has 0 aliphatic heterocycles. The number of fused-ring (bicyclic) bond motifs is 1. The predicted molar refractivity (Wildman–Crippen MR) is 61.1 cm³/mol. The van der Waals surface area contributed by atoms with Gasteiger partial charge in [0.25, 0.3) is 0 Å². The maximum absolute atomic E-state index is 13.1.